The van der Waals surface area contributed by atoms with Crippen molar-refractivity contribution in [3.63, 3.8) is 0 Å². The van der Waals surface area contributed by atoms with Crippen molar-refractivity contribution < 1.29 is 9.53 Å². The third-order valence-corrected chi connectivity index (χ3v) is 1.86. The minimum atomic E-state index is 0.648. The second kappa shape index (κ2) is 3.37. The fourth-order valence-corrected chi connectivity index (χ4v) is 1.27. The third kappa shape index (κ3) is 1.57. The van der Waals surface area contributed by atoms with Crippen LogP contribution in [-0.2, 0) is 0 Å². The van der Waals surface area contributed by atoms with Gasteiger partial charge in [0.05, 0.1) is 11.5 Å². The van der Waals surface area contributed by atoms with Crippen LogP contribution in [0.3, 0.4) is 0 Å². The van der Waals surface area contributed by atoms with Crippen LogP contribution in [0.1, 0.15) is 16.6 Å². The molecule has 1 aromatic heterocycles. The Morgan fingerprint density at radius 3 is 3.10 bits per heavy atom. The lowest BCUT2D eigenvalue weighted by molar-refractivity contribution is 0.112. The number of ether oxygens (including phenoxy) is 1. The van der Waals surface area contributed by atoms with Crippen molar-refractivity contribution in [2.24, 2.45) is 0 Å². The van der Waals surface area contributed by atoms with Crippen LogP contribution in [0, 0.1) is 0 Å². The molecule has 0 atom stereocenters. The summed E-state index contributed by atoms with van der Waals surface area (Å²) in [5.41, 5.74) is 0. The van der Waals surface area contributed by atoms with Crippen molar-refractivity contribution in [3.05, 3.63) is 16.3 Å². The first kappa shape index (κ1) is 7.28. The van der Waals surface area contributed by atoms with Gasteiger partial charge in [0.15, 0.2) is 6.29 Å². The largest absolute Gasteiger partial charge is 0.493 e. The number of hydrogen-bond donors (Lipinski definition) is 0. The molecule has 0 aliphatic heterocycles. The topological polar surface area (TPSA) is 26.3 Å². The van der Waals surface area contributed by atoms with Crippen LogP contribution in [0.5, 0.6) is 5.75 Å². The number of hydrogen-bond acceptors (Lipinski definition) is 3. The van der Waals surface area contributed by atoms with Crippen LogP contribution in [0.15, 0.2) is 11.4 Å². The first-order valence-corrected chi connectivity index (χ1v) is 3.91. The summed E-state index contributed by atoms with van der Waals surface area (Å²) in [6.45, 7) is 2.56. The molecule has 1 heterocycles. The van der Waals surface area contributed by atoms with Gasteiger partial charge in [-0.3, -0.25) is 4.79 Å². The van der Waals surface area contributed by atoms with Gasteiger partial charge in [0.25, 0.3) is 0 Å². The van der Waals surface area contributed by atoms with Gasteiger partial charge in [-0.25, -0.2) is 0 Å². The summed E-state index contributed by atoms with van der Waals surface area (Å²) in [4.78, 5) is 10.9. The SMILES string of the molecule is CCOc1csc(C=O)c1. The van der Waals surface area contributed by atoms with Gasteiger partial charge >= 0.3 is 0 Å². The Morgan fingerprint density at radius 1 is 1.80 bits per heavy atom. The van der Waals surface area contributed by atoms with E-state index in [1.165, 1.54) is 11.3 Å². The molecule has 0 saturated heterocycles. The Bertz CT molecular complexity index is 217. The molecule has 54 valence electrons. The van der Waals surface area contributed by atoms with Crippen molar-refractivity contribution in [1.82, 2.24) is 0 Å². The van der Waals surface area contributed by atoms with Gasteiger partial charge in [0.2, 0.25) is 0 Å². The van der Waals surface area contributed by atoms with E-state index < -0.39 is 0 Å². The van der Waals surface area contributed by atoms with E-state index >= 15 is 0 Å². The molecule has 1 rings (SSSR count). The summed E-state index contributed by atoms with van der Waals surface area (Å²) in [5, 5.41) is 1.83. The Labute approximate surface area is 63.4 Å². The third-order valence-electron chi connectivity index (χ3n) is 1.02. The monoisotopic (exact) mass is 156 g/mol. The average molecular weight is 156 g/mol. The number of thiophene rings is 1. The van der Waals surface area contributed by atoms with Crippen molar-refractivity contribution in [3.8, 4) is 5.75 Å². The molecule has 0 unspecified atom stereocenters. The highest BCUT2D eigenvalue weighted by molar-refractivity contribution is 7.11. The molecule has 3 heteroatoms. The van der Waals surface area contributed by atoms with E-state index in [2.05, 4.69) is 0 Å². The van der Waals surface area contributed by atoms with E-state index in [1.807, 2.05) is 12.3 Å². The van der Waals surface area contributed by atoms with E-state index in [0.717, 1.165) is 12.0 Å². The van der Waals surface area contributed by atoms with Gasteiger partial charge in [-0.1, -0.05) is 0 Å². The van der Waals surface area contributed by atoms with Gasteiger partial charge in [0, 0.05) is 11.4 Å². The maximum Gasteiger partial charge on any atom is 0.160 e. The van der Waals surface area contributed by atoms with E-state index in [1.54, 1.807) is 6.07 Å². The van der Waals surface area contributed by atoms with Crippen LogP contribution in [-0.4, -0.2) is 12.9 Å². The zero-order valence-electron chi connectivity index (χ0n) is 5.66. The highest BCUT2D eigenvalue weighted by Crippen LogP contribution is 2.19. The lowest BCUT2D eigenvalue weighted by Crippen LogP contribution is -1.87. The molecule has 0 spiro atoms. The lowest BCUT2D eigenvalue weighted by atomic mass is 10.5. The molecule has 10 heavy (non-hydrogen) atoms. The van der Waals surface area contributed by atoms with Crippen LogP contribution in [0.2, 0.25) is 0 Å². The fraction of sp³-hybridized carbons (Fsp3) is 0.286. The minimum Gasteiger partial charge on any atom is -0.493 e. The zero-order chi connectivity index (χ0) is 7.40. The molecule has 1 aromatic rings. The summed E-state index contributed by atoms with van der Waals surface area (Å²) in [5.74, 6) is 0.787. The molecule has 0 amide bonds. The van der Waals surface area contributed by atoms with Crippen LogP contribution in [0.25, 0.3) is 0 Å². The second-order valence-corrected chi connectivity index (χ2v) is 2.68. The molecule has 2 nitrogen and oxygen atoms in total. The maximum atomic E-state index is 10.2. The summed E-state index contributed by atoms with van der Waals surface area (Å²) in [6, 6.07) is 1.74. The van der Waals surface area contributed by atoms with Crippen LogP contribution in [0.4, 0.5) is 0 Å². The van der Waals surface area contributed by atoms with Crippen LogP contribution >= 0.6 is 11.3 Å². The molecule has 0 bridgehead atoms. The Hall–Kier alpha value is -0.830. The molecule has 0 aliphatic rings. The first-order valence-electron chi connectivity index (χ1n) is 3.03. The highest BCUT2D eigenvalue weighted by Gasteiger charge is 1.96. The number of carbonyl (C=O) groups is 1. The standard InChI is InChI=1S/C7H8O2S/c1-2-9-6-3-7(4-8)10-5-6/h3-5H,2H2,1H3. The summed E-state index contributed by atoms with van der Waals surface area (Å²) < 4.78 is 5.14. The van der Waals surface area contributed by atoms with Gasteiger partial charge in [-0.2, -0.15) is 0 Å². The van der Waals surface area contributed by atoms with E-state index in [4.69, 9.17) is 4.74 Å². The van der Waals surface area contributed by atoms with E-state index in [-0.39, 0.29) is 0 Å². The predicted molar refractivity (Wildman–Crippen MR) is 40.9 cm³/mol. The highest BCUT2D eigenvalue weighted by atomic mass is 32.1. The minimum absolute atomic E-state index is 0.648. The maximum absolute atomic E-state index is 10.2. The normalized spacial score (nSPS) is 9.30. The van der Waals surface area contributed by atoms with Gasteiger partial charge in [0.1, 0.15) is 5.75 Å². The quantitative estimate of drug-likeness (QED) is 0.625. The lowest BCUT2D eigenvalue weighted by Gasteiger charge is -1.94. The van der Waals surface area contributed by atoms with Crippen molar-refractivity contribution >= 4 is 17.6 Å². The molecule has 0 radical (unpaired) electrons. The van der Waals surface area contributed by atoms with Gasteiger partial charge < -0.3 is 4.74 Å². The molecular formula is C7H8O2S. The second-order valence-electron chi connectivity index (χ2n) is 1.74. The van der Waals surface area contributed by atoms with E-state index in [0.29, 0.717) is 11.5 Å². The summed E-state index contributed by atoms with van der Waals surface area (Å²) in [6.07, 6.45) is 0.827. The van der Waals surface area contributed by atoms with E-state index in [9.17, 15) is 4.79 Å². The molecule has 0 saturated carbocycles. The van der Waals surface area contributed by atoms with Crippen LogP contribution < -0.4 is 4.74 Å². The average Bonchev–Trinajstić information content (AvgIpc) is 2.37. The van der Waals surface area contributed by atoms with Crippen molar-refractivity contribution in [2.75, 3.05) is 6.61 Å². The number of carbonyl (C=O) groups excluding carboxylic acids is 1. The Kier molecular flexibility index (Phi) is 2.45. The molecule has 0 aliphatic carbocycles. The Morgan fingerprint density at radius 2 is 2.60 bits per heavy atom. The number of rotatable bonds is 3. The van der Waals surface area contributed by atoms with Gasteiger partial charge in [-0.15, -0.1) is 11.3 Å². The zero-order valence-corrected chi connectivity index (χ0v) is 6.48. The predicted octanol–water partition coefficient (Wildman–Crippen LogP) is 1.96. The molecule has 0 aromatic carbocycles. The van der Waals surface area contributed by atoms with Crippen molar-refractivity contribution in [2.45, 2.75) is 6.92 Å². The summed E-state index contributed by atoms with van der Waals surface area (Å²) >= 11 is 1.40. The smallest absolute Gasteiger partial charge is 0.160 e. The molecular weight excluding hydrogens is 148 g/mol. The van der Waals surface area contributed by atoms with Crippen molar-refractivity contribution in [1.29, 1.82) is 0 Å². The van der Waals surface area contributed by atoms with Gasteiger partial charge in [-0.05, 0) is 6.92 Å². The molecule has 0 fully saturated rings. The Balaban J connectivity index is 2.68. The summed E-state index contributed by atoms with van der Waals surface area (Å²) in [7, 11) is 0. The number of aldehydes is 1. The molecule has 0 N–H and O–H groups in total. The fourth-order valence-electron chi connectivity index (χ4n) is 0.639. The first-order chi connectivity index (χ1) is 4.86.